The number of anilines is 1. The largest absolute Gasteiger partial charge is 0.497 e. The molecule has 7 heteroatoms. The summed E-state index contributed by atoms with van der Waals surface area (Å²) in [6, 6.07) is 15.3. The molecule has 0 bridgehead atoms. The molecule has 0 aliphatic carbocycles. The summed E-state index contributed by atoms with van der Waals surface area (Å²) in [5.41, 5.74) is 4.08. The molecule has 0 aliphatic rings. The number of methoxy groups -OCH3 is 1. The molecule has 2 N–H and O–H groups in total. The van der Waals surface area contributed by atoms with Crippen LogP contribution in [0.4, 0.5) is 5.69 Å². The van der Waals surface area contributed by atoms with Crippen LogP contribution in [0.3, 0.4) is 0 Å². The fourth-order valence-corrected chi connectivity index (χ4v) is 2.11. The Kier molecular flexibility index (Phi) is 6.46. The highest BCUT2D eigenvalue weighted by Crippen LogP contribution is 2.14. The molecule has 0 spiro atoms. The molecule has 0 heterocycles. The second kappa shape index (κ2) is 8.99. The normalized spacial score (nSPS) is 10.6. The predicted molar refractivity (Wildman–Crippen MR) is 98.0 cm³/mol. The van der Waals surface area contributed by atoms with Gasteiger partial charge in [0.2, 0.25) is 5.91 Å². The van der Waals surface area contributed by atoms with Gasteiger partial charge in [-0.05, 0) is 43.3 Å². The summed E-state index contributed by atoms with van der Waals surface area (Å²) < 4.78 is 5.03. The van der Waals surface area contributed by atoms with Gasteiger partial charge in [0.05, 0.1) is 24.8 Å². The molecule has 2 amide bonds. The van der Waals surface area contributed by atoms with Crippen molar-refractivity contribution in [1.82, 2.24) is 5.43 Å². The fourth-order valence-electron chi connectivity index (χ4n) is 2.11. The van der Waals surface area contributed by atoms with Crippen molar-refractivity contribution in [2.45, 2.75) is 13.3 Å². The number of hydrogen-bond acceptors (Lipinski definition) is 5. The number of carbonyl (C=O) groups excluding carboxylic acids is 2. The van der Waals surface area contributed by atoms with E-state index in [0.29, 0.717) is 28.3 Å². The van der Waals surface area contributed by atoms with Crippen LogP contribution >= 0.6 is 0 Å². The highest BCUT2D eigenvalue weighted by atomic mass is 16.5. The molecular weight excluding hydrogens is 332 g/mol. The lowest BCUT2D eigenvalue weighted by molar-refractivity contribution is -0.115. The van der Waals surface area contributed by atoms with E-state index >= 15 is 0 Å². The topological polar surface area (TPSA) is 104 Å². The number of para-hydroxylation sites is 1. The minimum Gasteiger partial charge on any atom is -0.497 e. The SMILES string of the molecule is COc1ccc(C(=O)NN=C(C)CC(=O)Nc2ccccc2C#N)cc1. The number of nitrogens with one attached hydrogen (secondary N) is 2. The van der Waals surface area contributed by atoms with Crippen LogP contribution < -0.4 is 15.5 Å². The third kappa shape index (κ3) is 5.18. The van der Waals surface area contributed by atoms with Crippen molar-refractivity contribution in [3.63, 3.8) is 0 Å². The molecule has 0 aliphatic heterocycles. The summed E-state index contributed by atoms with van der Waals surface area (Å²) >= 11 is 0. The number of hydrazone groups is 1. The van der Waals surface area contributed by atoms with E-state index in [2.05, 4.69) is 15.8 Å². The first-order valence-electron chi connectivity index (χ1n) is 7.80. The van der Waals surface area contributed by atoms with Gasteiger partial charge in [-0.2, -0.15) is 10.4 Å². The van der Waals surface area contributed by atoms with Crippen LogP contribution in [0.1, 0.15) is 29.3 Å². The Morgan fingerprint density at radius 1 is 1.15 bits per heavy atom. The number of carbonyl (C=O) groups is 2. The number of benzene rings is 2. The molecule has 0 fully saturated rings. The quantitative estimate of drug-likeness (QED) is 0.617. The molecule has 0 aromatic heterocycles. The number of nitriles is 1. The number of amides is 2. The Balaban J connectivity index is 1.91. The molecule has 7 nitrogen and oxygen atoms in total. The molecule has 26 heavy (non-hydrogen) atoms. The van der Waals surface area contributed by atoms with Crippen molar-refractivity contribution in [3.05, 3.63) is 59.7 Å². The average molecular weight is 350 g/mol. The van der Waals surface area contributed by atoms with Crippen LogP contribution in [-0.2, 0) is 4.79 Å². The van der Waals surface area contributed by atoms with Crippen LogP contribution in [0.2, 0.25) is 0 Å². The van der Waals surface area contributed by atoms with Gasteiger partial charge < -0.3 is 10.1 Å². The minimum absolute atomic E-state index is 0.0113. The van der Waals surface area contributed by atoms with E-state index in [9.17, 15) is 9.59 Å². The lowest BCUT2D eigenvalue weighted by Gasteiger charge is -2.07. The van der Waals surface area contributed by atoms with Gasteiger partial charge in [0.15, 0.2) is 0 Å². The Hall–Kier alpha value is -3.66. The van der Waals surface area contributed by atoms with E-state index in [-0.39, 0.29) is 18.2 Å². The first-order chi connectivity index (χ1) is 12.5. The molecular formula is C19H18N4O3. The highest BCUT2D eigenvalue weighted by molar-refractivity contribution is 6.06. The van der Waals surface area contributed by atoms with Gasteiger partial charge in [-0.3, -0.25) is 9.59 Å². The number of hydrogen-bond donors (Lipinski definition) is 2. The maximum Gasteiger partial charge on any atom is 0.271 e. The van der Waals surface area contributed by atoms with Crippen molar-refractivity contribution >= 4 is 23.2 Å². The predicted octanol–water partition coefficient (Wildman–Crippen LogP) is 2.70. The number of rotatable bonds is 6. The fraction of sp³-hybridized carbons (Fsp3) is 0.158. The second-order valence-corrected chi connectivity index (χ2v) is 5.40. The van der Waals surface area contributed by atoms with Gasteiger partial charge in [0, 0.05) is 11.3 Å². The zero-order valence-corrected chi connectivity index (χ0v) is 14.4. The van der Waals surface area contributed by atoms with Gasteiger partial charge in [-0.1, -0.05) is 12.1 Å². The summed E-state index contributed by atoms with van der Waals surface area (Å²) in [4.78, 5) is 24.1. The number of nitrogens with zero attached hydrogens (tertiary/aromatic N) is 2. The Labute approximate surface area is 151 Å². The van der Waals surface area contributed by atoms with Crippen molar-refractivity contribution in [1.29, 1.82) is 5.26 Å². The van der Waals surface area contributed by atoms with Gasteiger partial charge in [0.1, 0.15) is 11.8 Å². The van der Waals surface area contributed by atoms with Crippen LogP contribution in [0.15, 0.2) is 53.6 Å². The molecule has 0 saturated heterocycles. The average Bonchev–Trinajstić information content (AvgIpc) is 2.66. The molecule has 2 aromatic rings. The number of ether oxygens (including phenoxy) is 1. The summed E-state index contributed by atoms with van der Waals surface area (Å²) in [5.74, 6) is -0.0644. The Morgan fingerprint density at radius 2 is 1.85 bits per heavy atom. The van der Waals surface area contributed by atoms with E-state index in [4.69, 9.17) is 10.00 Å². The third-order valence-electron chi connectivity index (χ3n) is 3.44. The van der Waals surface area contributed by atoms with Gasteiger partial charge in [-0.15, -0.1) is 0 Å². The molecule has 132 valence electrons. The van der Waals surface area contributed by atoms with Crippen LogP contribution in [-0.4, -0.2) is 24.6 Å². The summed E-state index contributed by atoms with van der Waals surface area (Å²) in [6.45, 7) is 1.63. The highest BCUT2D eigenvalue weighted by Gasteiger charge is 2.09. The van der Waals surface area contributed by atoms with Crippen LogP contribution in [0, 0.1) is 11.3 Å². The van der Waals surface area contributed by atoms with Gasteiger partial charge >= 0.3 is 0 Å². The maximum absolute atomic E-state index is 12.0. The van der Waals surface area contributed by atoms with E-state index < -0.39 is 0 Å². The first kappa shape index (κ1) is 18.7. The van der Waals surface area contributed by atoms with E-state index in [1.165, 1.54) is 0 Å². The van der Waals surface area contributed by atoms with E-state index in [0.717, 1.165) is 0 Å². The van der Waals surface area contributed by atoms with Crippen LogP contribution in [0.25, 0.3) is 0 Å². The van der Waals surface area contributed by atoms with Gasteiger partial charge in [-0.25, -0.2) is 5.43 Å². The van der Waals surface area contributed by atoms with Crippen molar-refractivity contribution in [2.24, 2.45) is 5.10 Å². The Morgan fingerprint density at radius 3 is 2.50 bits per heavy atom. The van der Waals surface area contributed by atoms with Crippen molar-refractivity contribution in [3.8, 4) is 11.8 Å². The lowest BCUT2D eigenvalue weighted by atomic mass is 10.2. The van der Waals surface area contributed by atoms with Crippen LogP contribution in [0.5, 0.6) is 5.75 Å². The minimum atomic E-state index is -0.387. The molecule has 0 saturated carbocycles. The summed E-state index contributed by atoms with van der Waals surface area (Å²) in [5, 5.41) is 15.6. The second-order valence-electron chi connectivity index (χ2n) is 5.40. The Bertz CT molecular complexity index is 867. The molecule has 2 rings (SSSR count). The lowest BCUT2D eigenvalue weighted by Crippen LogP contribution is -2.21. The zero-order valence-electron chi connectivity index (χ0n) is 14.4. The third-order valence-corrected chi connectivity index (χ3v) is 3.44. The standard InChI is InChI=1S/C19H18N4O3/c1-13(11-18(24)21-17-6-4-3-5-15(17)12-20)22-23-19(25)14-7-9-16(26-2)10-8-14/h3-10H,11H2,1-2H3,(H,21,24)(H,23,25). The molecule has 0 unspecified atom stereocenters. The van der Waals surface area contributed by atoms with Crippen molar-refractivity contribution < 1.29 is 14.3 Å². The smallest absolute Gasteiger partial charge is 0.271 e. The van der Waals surface area contributed by atoms with Gasteiger partial charge in [0.25, 0.3) is 5.91 Å². The summed E-state index contributed by atoms with van der Waals surface area (Å²) in [7, 11) is 1.54. The molecule has 2 aromatic carbocycles. The van der Waals surface area contributed by atoms with E-state index in [1.807, 2.05) is 6.07 Å². The maximum atomic E-state index is 12.0. The van der Waals surface area contributed by atoms with Crippen molar-refractivity contribution in [2.75, 3.05) is 12.4 Å². The summed E-state index contributed by atoms with van der Waals surface area (Å²) in [6.07, 6.45) is -0.0113. The molecule has 0 radical (unpaired) electrons. The zero-order chi connectivity index (χ0) is 18.9. The monoisotopic (exact) mass is 350 g/mol. The first-order valence-corrected chi connectivity index (χ1v) is 7.80. The van der Waals surface area contributed by atoms with E-state index in [1.54, 1.807) is 62.6 Å². The molecule has 0 atom stereocenters.